The van der Waals surface area contributed by atoms with Gasteiger partial charge in [-0.25, -0.2) is 0 Å². The second-order valence-corrected chi connectivity index (χ2v) is 3.02. The molecule has 7 heteroatoms. The maximum absolute atomic E-state index is 11.6. The molecular formula is C7H11ClF3NO2. The van der Waals surface area contributed by atoms with Crippen LogP contribution >= 0.6 is 12.4 Å². The molecule has 0 aliphatic heterocycles. The first-order valence-corrected chi connectivity index (χ1v) is 3.89. The van der Waals surface area contributed by atoms with Crippen molar-refractivity contribution in [1.82, 2.24) is 0 Å². The number of rotatable bonds is 3. The van der Waals surface area contributed by atoms with Crippen LogP contribution in [0.25, 0.3) is 0 Å². The maximum atomic E-state index is 11.6. The lowest BCUT2D eigenvalue weighted by Gasteiger charge is -2.33. The van der Waals surface area contributed by atoms with Gasteiger partial charge in [0.05, 0.1) is 12.6 Å². The van der Waals surface area contributed by atoms with Gasteiger partial charge in [-0.15, -0.1) is 25.6 Å². The van der Waals surface area contributed by atoms with Crippen molar-refractivity contribution in [2.75, 3.05) is 6.54 Å². The quantitative estimate of drug-likeness (QED) is 0.798. The number of ketones is 1. The molecule has 3 nitrogen and oxygen atoms in total. The van der Waals surface area contributed by atoms with Crippen molar-refractivity contribution < 1.29 is 22.7 Å². The molecule has 1 fully saturated rings. The van der Waals surface area contributed by atoms with Crippen LogP contribution in [0.2, 0.25) is 0 Å². The summed E-state index contributed by atoms with van der Waals surface area (Å²) in [5.74, 6) is -0.528. The second-order valence-electron chi connectivity index (χ2n) is 3.02. The average molecular weight is 234 g/mol. The molecule has 0 bridgehead atoms. The highest BCUT2D eigenvalue weighted by Gasteiger charge is 2.41. The Hall–Kier alpha value is -0.330. The number of nitrogens with two attached hydrogens (primary N) is 1. The van der Waals surface area contributed by atoms with Gasteiger partial charge in [0.15, 0.2) is 0 Å². The summed E-state index contributed by atoms with van der Waals surface area (Å²) in [6, 6.07) is 0. The third kappa shape index (κ3) is 3.81. The minimum Gasteiger partial charge on any atom is -0.324 e. The van der Waals surface area contributed by atoms with Crippen LogP contribution < -0.4 is 5.73 Å². The van der Waals surface area contributed by atoms with Gasteiger partial charge in [0.25, 0.3) is 0 Å². The van der Waals surface area contributed by atoms with Gasteiger partial charge < -0.3 is 5.73 Å². The standard InChI is InChI=1S/C7H10F3NO2.ClH/c8-7(9,10)13-5-1-4(2-5)6(12)3-11;/h4-5H,1-3,11H2;1H. The number of carbonyl (C=O) groups is 1. The van der Waals surface area contributed by atoms with Gasteiger partial charge >= 0.3 is 6.36 Å². The topological polar surface area (TPSA) is 52.3 Å². The molecule has 1 aliphatic rings. The Labute approximate surface area is 85.2 Å². The van der Waals surface area contributed by atoms with E-state index in [1.807, 2.05) is 0 Å². The zero-order valence-electron chi connectivity index (χ0n) is 7.21. The van der Waals surface area contributed by atoms with Crippen LogP contribution in [0.15, 0.2) is 0 Å². The number of hydrogen-bond acceptors (Lipinski definition) is 3. The lowest BCUT2D eigenvalue weighted by molar-refractivity contribution is -0.353. The summed E-state index contributed by atoms with van der Waals surface area (Å²) in [5.41, 5.74) is 5.04. The normalized spacial score (nSPS) is 26.3. The van der Waals surface area contributed by atoms with Gasteiger partial charge in [-0.2, -0.15) is 0 Å². The summed E-state index contributed by atoms with van der Waals surface area (Å²) < 4.78 is 38.5. The van der Waals surface area contributed by atoms with Crippen molar-refractivity contribution in [2.24, 2.45) is 11.7 Å². The van der Waals surface area contributed by atoms with E-state index in [-0.39, 0.29) is 43.5 Å². The van der Waals surface area contributed by atoms with Crippen LogP contribution in [0, 0.1) is 5.92 Å². The number of halogens is 4. The molecule has 1 aliphatic carbocycles. The summed E-state index contributed by atoms with van der Waals surface area (Å²) in [4.78, 5) is 10.8. The van der Waals surface area contributed by atoms with Crippen molar-refractivity contribution in [2.45, 2.75) is 25.3 Å². The van der Waals surface area contributed by atoms with Crippen molar-refractivity contribution in [3.05, 3.63) is 0 Å². The van der Waals surface area contributed by atoms with E-state index in [2.05, 4.69) is 4.74 Å². The Bertz CT molecular complexity index is 204. The number of alkyl halides is 3. The third-order valence-corrected chi connectivity index (χ3v) is 2.05. The van der Waals surface area contributed by atoms with Crippen LogP contribution in [-0.2, 0) is 9.53 Å². The van der Waals surface area contributed by atoms with Crippen LogP contribution in [0.3, 0.4) is 0 Å². The van der Waals surface area contributed by atoms with Gasteiger partial charge in [-0.3, -0.25) is 9.53 Å². The highest BCUT2D eigenvalue weighted by Crippen LogP contribution is 2.34. The number of carbonyl (C=O) groups excluding carboxylic acids is 1. The molecule has 1 rings (SSSR count). The molecule has 0 aromatic heterocycles. The highest BCUT2D eigenvalue weighted by atomic mass is 35.5. The Morgan fingerprint density at radius 3 is 2.29 bits per heavy atom. The van der Waals surface area contributed by atoms with Gasteiger partial charge in [0.1, 0.15) is 5.78 Å². The molecule has 14 heavy (non-hydrogen) atoms. The number of ether oxygens (including phenoxy) is 1. The highest BCUT2D eigenvalue weighted by molar-refractivity contribution is 5.85. The lowest BCUT2D eigenvalue weighted by Crippen LogP contribution is -2.41. The zero-order valence-corrected chi connectivity index (χ0v) is 8.03. The van der Waals surface area contributed by atoms with E-state index < -0.39 is 12.5 Å². The summed E-state index contributed by atoms with van der Waals surface area (Å²) in [5, 5.41) is 0. The van der Waals surface area contributed by atoms with Crippen LogP contribution in [0.1, 0.15) is 12.8 Å². The summed E-state index contributed by atoms with van der Waals surface area (Å²) >= 11 is 0. The van der Waals surface area contributed by atoms with E-state index in [0.717, 1.165) is 0 Å². The lowest BCUT2D eigenvalue weighted by atomic mass is 9.79. The minimum absolute atomic E-state index is 0. The van der Waals surface area contributed by atoms with Gasteiger partial charge in [-0.05, 0) is 12.8 Å². The summed E-state index contributed by atoms with van der Waals surface area (Å²) in [6.45, 7) is -0.108. The fourth-order valence-corrected chi connectivity index (χ4v) is 1.28. The molecule has 0 spiro atoms. The van der Waals surface area contributed by atoms with Crippen LogP contribution in [-0.4, -0.2) is 24.8 Å². The first-order valence-electron chi connectivity index (χ1n) is 3.89. The molecule has 0 aromatic rings. The molecule has 0 saturated heterocycles. The molecule has 2 N–H and O–H groups in total. The molecule has 0 aromatic carbocycles. The summed E-state index contributed by atoms with van der Waals surface area (Å²) in [6.07, 6.45) is -5.19. The Morgan fingerprint density at radius 1 is 1.43 bits per heavy atom. The predicted molar refractivity (Wildman–Crippen MR) is 45.0 cm³/mol. The molecule has 1 saturated carbocycles. The van der Waals surface area contributed by atoms with Gasteiger partial charge in [0, 0.05) is 5.92 Å². The van der Waals surface area contributed by atoms with Gasteiger partial charge in [-0.1, -0.05) is 0 Å². The minimum atomic E-state index is -4.60. The largest absolute Gasteiger partial charge is 0.522 e. The molecule has 0 unspecified atom stereocenters. The molecule has 0 radical (unpaired) electrons. The fourth-order valence-electron chi connectivity index (χ4n) is 1.28. The average Bonchev–Trinajstić information content (AvgIpc) is 1.92. The Balaban J connectivity index is 0.00000169. The number of Topliss-reactive ketones (excluding diaryl/α,β-unsaturated/α-hetero) is 1. The predicted octanol–water partition coefficient (Wildman–Crippen LogP) is 1.25. The third-order valence-electron chi connectivity index (χ3n) is 2.05. The number of hydrogen-bond donors (Lipinski definition) is 1. The molecule has 84 valence electrons. The van der Waals surface area contributed by atoms with Crippen molar-refractivity contribution in [3.63, 3.8) is 0 Å². The van der Waals surface area contributed by atoms with E-state index in [9.17, 15) is 18.0 Å². The Morgan fingerprint density at radius 2 is 1.93 bits per heavy atom. The fraction of sp³-hybridized carbons (Fsp3) is 0.857. The SMILES string of the molecule is Cl.NCC(=O)C1CC(OC(F)(F)F)C1. The van der Waals surface area contributed by atoms with Crippen molar-refractivity contribution in [3.8, 4) is 0 Å². The Kier molecular flexibility index (Phi) is 4.83. The van der Waals surface area contributed by atoms with Crippen LogP contribution in [0.5, 0.6) is 0 Å². The molecule has 0 amide bonds. The smallest absolute Gasteiger partial charge is 0.324 e. The summed E-state index contributed by atoms with van der Waals surface area (Å²) in [7, 11) is 0. The van der Waals surface area contributed by atoms with E-state index in [1.165, 1.54) is 0 Å². The molecular weight excluding hydrogens is 223 g/mol. The van der Waals surface area contributed by atoms with Crippen molar-refractivity contribution in [1.29, 1.82) is 0 Å². The second kappa shape index (κ2) is 4.95. The molecule has 0 heterocycles. The van der Waals surface area contributed by atoms with E-state index in [4.69, 9.17) is 5.73 Å². The van der Waals surface area contributed by atoms with E-state index in [1.54, 1.807) is 0 Å². The van der Waals surface area contributed by atoms with Crippen LogP contribution in [0.4, 0.5) is 13.2 Å². The van der Waals surface area contributed by atoms with E-state index in [0.29, 0.717) is 0 Å². The van der Waals surface area contributed by atoms with E-state index >= 15 is 0 Å². The van der Waals surface area contributed by atoms with Crippen molar-refractivity contribution >= 4 is 18.2 Å². The first kappa shape index (κ1) is 13.7. The molecule has 0 atom stereocenters. The van der Waals surface area contributed by atoms with Gasteiger partial charge in [0.2, 0.25) is 0 Å². The zero-order chi connectivity index (χ0) is 10.1. The maximum Gasteiger partial charge on any atom is 0.522 e. The monoisotopic (exact) mass is 233 g/mol. The first-order chi connectivity index (χ1) is 5.92.